The van der Waals surface area contributed by atoms with Gasteiger partial charge < -0.3 is 10.4 Å². The van der Waals surface area contributed by atoms with E-state index in [0.717, 1.165) is 33.9 Å². The number of aromatic carboxylic acids is 1. The molecule has 0 unspecified atom stereocenters. The van der Waals surface area contributed by atoms with Gasteiger partial charge >= 0.3 is 5.97 Å². The van der Waals surface area contributed by atoms with Crippen molar-refractivity contribution < 1.29 is 14.7 Å². The summed E-state index contributed by atoms with van der Waals surface area (Å²) in [7, 11) is 0. The van der Waals surface area contributed by atoms with Crippen molar-refractivity contribution in [3.63, 3.8) is 0 Å². The Kier molecular flexibility index (Phi) is 3.89. The topological polar surface area (TPSA) is 95.1 Å². The summed E-state index contributed by atoms with van der Waals surface area (Å²) in [6.07, 6.45) is 0.169. The zero-order valence-electron chi connectivity index (χ0n) is 11.4. The van der Waals surface area contributed by atoms with Crippen molar-refractivity contribution in [1.29, 1.82) is 0 Å². The molecular weight excluding hydrogens is 278 g/mol. The second-order valence-corrected chi connectivity index (χ2v) is 5.45. The van der Waals surface area contributed by atoms with Gasteiger partial charge in [0.05, 0.1) is 17.8 Å². The maximum Gasteiger partial charge on any atom is 0.348 e. The number of anilines is 1. The number of rotatable bonds is 4. The van der Waals surface area contributed by atoms with Crippen LogP contribution in [0.1, 0.15) is 32.2 Å². The molecule has 106 valence electrons. The zero-order valence-corrected chi connectivity index (χ0v) is 12.2. The number of nitrogens with zero attached hydrogens (tertiary/aromatic N) is 1. The van der Waals surface area contributed by atoms with Gasteiger partial charge in [0.1, 0.15) is 4.88 Å². The number of H-pyrrole nitrogens is 1. The molecule has 0 spiro atoms. The Bertz CT molecular complexity index is 653. The highest BCUT2D eigenvalue weighted by atomic mass is 32.1. The van der Waals surface area contributed by atoms with E-state index < -0.39 is 5.97 Å². The molecule has 2 rings (SSSR count). The van der Waals surface area contributed by atoms with Crippen LogP contribution in [0, 0.1) is 20.8 Å². The van der Waals surface area contributed by atoms with E-state index in [2.05, 4.69) is 15.5 Å². The lowest BCUT2D eigenvalue weighted by molar-refractivity contribution is -0.115. The van der Waals surface area contributed by atoms with E-state index in [9.17, 15) is 9.59 Å². The predicted octanol–water partition coefficient (Wildman–Crippen LogP) is 2.28. The largest absolute Gasteiger partial charge is 0.477 e. The van der Waals surface area contributed by atoms with Gasteiger partial charge in [0.15, 0.2) is 0 Å². The third-order valence-corrected chi connectivity index (χ3v) is 4.14. The lowest BCUT2D eigenvalue weighted by Gasteiger charge is -2.06. The molecule has 0 bridgehead atoms. The molecule has 0 aliphatic carbocycles. The predicted molar refractivity (Wildman–Crippen MR) is 76.4 cm³/mol. The maximum atomic E-state index is 12.1. The molecule has 0 fully saturated rings. The van der Waals surface area contributed by atoms with Crippen molar-refractivity contribution in [1.82, 2.24) is 10.2 Å². The first-order valence-electron chi connectivity index (χ1n) is 6.01. The molecule has 0 saturated carbocycles. The highest BCUT2D eigenvalue weighted by molar-refractivity contribution is 7.12. The van der Waals surface area contributed by atoms with Crippen molar-refractivity contribution in [2.75, 3.05) is 5.32 Å². The molecule has 6 nitrogen and oxygen atoms in total. The lowest BCUT2D eigenvalue weighted by atomic mass is 10.1. The molecule has 0 aromatic carbocycles. The number of carbonyl (C=O) groups is 2. The molecule has 3 N–H and O–H groups in total. The Hall–Kier alpha value is -2.15. The van der Waals surface area contributed by atoms with Gasteiger partial charge in [0, 0.05) is 11.3 Å². The van der Waals surface area contributed by atoms with Gasteiger partial charge in [-0.25, -0.2) is 4.79 Å². The fraction of sp³-hybridized carbons (Fsp3) is 0.308. The van der Waals surface area contributed by atoms with Crippen LogP contribution in [0.3, 0.4) is 0 Å². The summed E-state index contributed by atoms with van der Waals surface area (Å²) < 4.78 is 0. The Balaban J connectivity index is 2.17. The second kappa shape index (κ2) is 5.46. The normalized spacial score (nSPS) is 10.6. The van der Waals surface area contributed by atoms with Crippen LogP contribution in [0.2, 0.25) is 0 Å². The minimum Gasteiger partial charge on any atom is -0.477 e. The number of aromatic amines is 1. The van der Waals surface area contributed by atoms with Gasteiger partial charge in [-0.2, -0.15) is 5.10 Å². The first kappa shape index (κ1) is 14.3. The van der Waals surface area contributed by atoms with E-state index in [1.165, 1.54) is 0 Å². The first-order chi connectivity index (χ1) is 9.40. The van der Waals surface area contributed by atoms with Crippen LogP contribution in [0.15, 0.2) is 5.38 Å². The molecule has 2 heterocycles. The number of amides is 1. The molecule has 0 aliphatic rings. The minimum absolute atomic E-state index is 0.150. The number of hydrogen-bond donors (Lipinski definition) is 3. The Morgan fingerprint density at radius 1 is 1.40 bits per heavy atom. The number of nitrogens with one attached hydrogen (secondary N) is 2. The number of carboxylic acid groups (broad SMARTS) is 1. The van der Waals surface area contributed by atoms with Crippen LogP contribution in [-0.2, 0) is 11.2 Å². The summed E-state index contributed by atoms with van der Waals surface area (Å²) in [6, 6.07) is 0. The molecule has 2 aromatic heterocycles. The van der Waals surface area contributed by atoms with Gasteiger partial charge in [-0.05, 0) is 31.7 Å². The fourth-order valence-corrected chi connectivity index (χ4v) is 2.78. The molecule has 2 aromatic rings. The van der Waals surface area contributed by atoms with Gasteiger partial charge in [-0.3, -0.25) is 9.89 Å². The Labute approximate surface area is 119 Å². The SMILES string of the molecule is Cc1csc(C(=O)O)c1NC(=O)Cc1c(C)n[nH]c1C. The van der Waals surface area contributed by atoms with Crippen molar-refractivity contribution in [3.8, 4) is 0 Å². The van der Waals surface area contributed by atoms with Gasteiger partial charge in [-0.1, -0.05) is 0 Å². The highest BCUT2D eigenvalue weighted by Gasteiger charge is 2.18. The van der Waals surface area contributed by atoms with Crippen LogP contribution in [-0.4, -0.2) is 27.2 Å². The molecule has 1 amide bonds. The van der Waals surface area contributed by atoms with Crippen LogP contribution in [0.5, 0.6) is 0 Å². The molecule has 7 heteroatoms. The zero-order chi connectivity index (χ0) is 14.9. The third-order valence-electron chi connectivity index (χ3n) is 3.05. The molecule has 0 atom stereocenters. The van der Waals surface area contributed by atoms with Crippen molar-refractivity contribution in [2.45, 2.75) is 27.2 Å². The monoisotopic (exact) mass is 293 g/mol. The Morgan fingerprint density at radius 2 is 2.10 bits per heavy atom. The van der Waals surface area contributed by atoms with Crippen LogP contribution in [0.25, 0.3) is 0 Å². The summed E-state index contributed by atoms with van der Waals surface area (Å²) >= 11 is 1.11. The number of aryl methyl sites for hydroxylation is 3. The van der Waals surface area contributed by atoms with E-state index in [1.807, 2.05) is 13.8 Å². The summed E-state index contributed by atoms with van der Waals surface area (Å²) in [5.41, 5.74) is 3.59. The minimum atomic E-state index is -1.03. The second-order valence-electron chi connectivity index (χ2n) is 4.57. The van der Waals surface area contributed by atoms with E-state index >= 15 is 0 Å². The summed E-state index contributed by atoms with van der Waals surface area (Å²) in [4.78, 5) is 23.3. The molecule has 0 radical (unpaired) electrons. The lowest BCUT2D eigenvalue weighted by Crippen LogP contribution is -2.17. The molecule has 0 aliphatic heterocycles. The van der Waals surface area contributed by atoms with Gasteiger partial charge in [0.25, 0.3) is 0 Å². The number of thiophene rings is 1. The number of carbonyl (C=O) groups excluding carboxylic acids is 1. The standard InChI is InChI=1S/C13H15N3O3S/c1-6-5-20-12(13(18)19)11(6)14-10(17)4-9-7(2)15-16-8(9)3/h5H,4H2,1-3H3,(H,14,17)(H,15,16)(H,18,19). The summed E-state index contributed by atoms with van der Waals surface area (Å²) in [5, 5.41) is 20.3. The summed E-state index contributed by atoms with van der Waals surface area (Å²) in [5.74, 6) is -1.28. The fourth-order valence-electron chi connectivity index (χ4n) is 1.94. The van der Waals surface area contributed by atoms with E-state index in [-0.39, 0.29) is 17.2 Å². The number of carboxylic acids is 1. The van der Waals surface area contributed by atoms with E-state index in [1.54, 1.807) is 12.3 Å². The van der Waals surface area contributed by atoms with Crippen molar-refractivity contribution >= 4 is 28.9 Å². The quantitative estimate of drug-likeness (QED) is 0.806. The van der Waals surface area contributed by atoms with Crippen LogP contribution < -0.4 is 5.32 Å². The van der Waals surface area contributed by atoms with Crippen LogP contribution >= 0.6 is 11.3 Å². The van der Waals surface area contributed by atoms with E-state index in [0.29, 0.717) is 5.69 Å². The smallest absolute Gasteiger partial charge is 0.348 e. The average Bonchev–Trinajstić information content (AvgIpc) is 2.88. The maximum absolute atomic E-state index is 12.1. The first-order valence-corrected chi connectivity index (χ1v) is 6.89. The average molecular weight is 293 g/mol. The van der Waals surface area contributed by atoms with Crippen molar-refractivity contribution in [2.24, 2.45) is 0 Å². The molecule has 0 saturated heterocycles. The van der Waals surface area contributed by atoms with Crippen molar-refractivity contribution in [3.05, 3.63) is 32.8 Å². The third kappa shape index (κ3) is 2.72. The van der Waals surface area contributed by atoms with E-state index in [4.69, 9.17) is 5.11 Å². The number of aromatic nitrogens is 2. The number of hydrogen-bond acceptors (Lipinski definition) is 4. The summed E-state index contributed by atoms with van der Waals surface area (Å²) in [6.45, 7) is 5.44. The molecule has 20 heavy (non-hydrogen) atoms. The molecular formula is C13H15N3O3S. The van der Waals surface area contributed by atoms with Gasteiger partial charge in [-0.15, -0.1) is 11.3 Å². The van der Waals surface area contributed by atoms with Gasteiger partial charge in [0.2, 0.25) is 5.91 Å². The van der Waals surface area contributed by atoms with Crippen LogP contribution in [0.4, 0.5) is 5.69 Å². The highest BCUT2D eigenvalue weighted by Crippen LogP contribution is 2.27. The Morgan fingerprint density at radius 3 is 2.65 bits per heavy atom.